The van der Waals surface area contributed by atoms with E-state index < -0.39 is 0 Å². The van der Waals surface area contributed by atoms with Gasteiger partial charge in [0, 0.05) is 37.9 Å². The predicted octanol–water partition coefficient (Wildman–Crippen LogP) is 2.99. The summed E-state index contributed by atoms with van der Waals surface area (Å²) in [5.74, 6) is 0.912. The summed E-state index contributed by atoms with van der Waals surface area (Å²) in [6.45, 7) is 6.94. The number of aromatic nitrogens is 1. The molecule has 0 spiro atoms. The molecular formula is C15H27IN4. The van der Waals surface area contributed by atoms with Gasteiger partial charge in [-0.05, 0) is 25.5 Å². The van der Waals surface area contributed by atoms with Gasteiger partial charge in [-0.1, -0.05) is 25.8 Å². The van der Waals surface area contributed by atoms with Gasteiger partial charge in [-0.15, -0.1) is 24.0 Å². The quantitative estimate of drug-likeness (QED) is 0.311. The topological polar surface area (TPSA) is 49.3 Å². The molecule has 4 nitrogen and oxygen atoms in total. The minimum atomic E-state index is 0. The van der Waals surface area contributed by atoms with Crippen molar-refractivity contribution in [3.8, 4) is 0 Å². The van der Waals surface area contributed by atoms with E-state index in [0.29, 0.717) is 0 Å². The fraction of sp³-hybridized carbons (Fsp3) is 0.600. The van der Waals surface area contributed by atoms with Gasteiger partial charge in [0.05, 0.1) is 0 Å². The number of unbranched alkanes of at least 4 members (excludes halogenated alkanes) is 2. The summed E-state index contributed by atoms with van der Waals surface area (Å²) in [5.41, 5.74) is 1.11. The van der Waals surface area contributed by atoms with Crippen LogP contribution >= 0.6 is 24.0 Å². The standard InChI is InChI=1S/C15H26N4.HI/c1-3-5-7-12-18-15(16-4-2)19-13-10-14-9-6-8-11-17-14;/h6,8-9,11H,3-5,7,10,12-13H2,1-2H3,(H2,16,18,19);1H. The number of aliphatic imine (C=N–C) groups is 1. The maximum Gasteiger partial charge on any atom is 0.191 e. The zero-order valence-electron chi connectivity index (χ0n) is 12.6. The summed E-state index contributed by atoms with van der Waals surface area (Å²) in [6.07, 6.45) is 6.39. The van der Waals surface area contributed by atoms with E-state index in [4.69, 9.17) is 0 Å². The van der Waals surface area contributed by atoms with Crippen LogP contribution in [0.4, 0.5) is 0 Å². The highest BCUT2D eigenvalue weighted by atomic mass is 127. The Morgan fingerprint density at radius 3 is 2.70 bits per heavy atom. The highest BCUT2D eigenvalue weighted by Gasteiger charge is 1.97. The van der Waals surface area contributed by atoms with Crippen molar-refractivity contribution < 1.29 is 0 Å². The molecule has 0 bridgehead atoms. The number of rotatable bonds is 8. The number of halogens is 1. The summed E-state index contributed by atoms with van der Waals surface area (Å²) < 4.78 is 0. The molecule has 1 aromatic heterocycles. The first-order chi connectivity index (χ1) is 9.36. The van der Waals surface area contributed by atoms with Crippen molar-refractivity contribution in [3.05, 3.63) is 30.1 Å². The normalized spacial score (nSPS) is 10.8. The Morgan fingerprint density at radius 2 is 2.05 bits per heavy atom. The van der Waals surface area contributed by atoms with Gasteiger partial charge in [0.2, 0.25) is 0 Å². The van der Waals surface area contributed by atoms with Crippen molar-refractivity contribution in [2.75, 3.05) is 19.6 Å². The number of hydrogen-bond acceptors (Lipinski definition) is 2. The number of nitrogens with zero attached hydrogens (tertiary/aromatic N) is 2. The van der Waals surface area contributed by atoms with Gasteiger partial charge in [-0.25, -0.2) is 0 Å². The summed E-state index contributed by atoms with van der Waals surface area (Å²) in [7, 11) is 0. The molecule has 0 amide bonds. The molecule has 0 aromatic carbocycles. The zero-order valence-corrected chi connectivity index (χ0v) is 14.9. The molecular weight excluding hydrogens is 363 g/mol. The van der Waals surface area contributed by atoms with Crippen molar-refractivity contribution in [2.45, 2.75) is 39.5 Å². The highest BCUT2D eigenvalue weighted by Crippen LogP contribution is 1.94. The van der Waals surface area contributed by atoms with Gasteiger partial charge in [-0.2, -0.15) is 0 Å². The summed E-state index contributed by atoms with van der Waals surface area (Å²) in [4.78, 5) is 8.86. The average Bonchev–Trinajstić information content (AvgIpc) is 2.44. The van der Waals surface area contributed by atoms with Crippen molar-refractivity contribution in [2.24, 2.45) is 4.99 Å². The van der Waals surface area contributed by atoms with E-state index in [1.165, 1.54) is 12.8 Å². The third-order valence-corrected chi connectivity index (χ3v) is 2.78. The number of nitrogens with one attached hydrogen (secondary N) is 2. The number of guanidine groups is 1. The highest BCUT2D eigenvalue weighted by molar-refractivity contribution is 14.0. The smallest absolute Gasteiger partial charge is 0.191 e. The van der Waals surface area contributed by atoms with Crippen molar-refractivity contribution in [1.82, 2.24) is 15.6 Å². The Morgan fingerprint density at radius 1 is 1.20 bits per heavy atom. The third-order valence-electron chi connectivity index (χ3n) is 2.78. The lowest BCUT2D eigenvalue weighted by Gasteiger charge is -2.10. The molecule has 20 heavy (non-hydrogen) atoms. The summed E-state index contributed by atoms with van der Waals surface area (Å²) in [6, 6.07) is 6.01. The summed E-state index contributed by atoms with van der Waals surface area (Å²) >= 11 is 0. The van der Waals surface area contributed by atoms with Crippen LogP contribution in [0.2, 0.25) is 0 Å². The van der Waals surface area contributed by atoms with Crippen molar-refractivity contribution in [1.29, 1.82) is 0 Å². The van der Waals surface area contributed by atoms with Crippen LogP contribution in [-0.4, -0.2) is 30.6 Å². The zero-order chi connectivity index (χ0) is 13.8. The van der Waals surface area contributed by atoms with Crippen LogP contribution in [0.25, 0.3) is 0 Å². The van der Waals surface area contributed by atoms with Crippen LogP contribution in [0.3, 0.4) is 0 Å². The molecule has 5 heteroatoms. The lowest BCUT2D eigenvalue weighted by molar-refractivity contribution is 0.716. The fourth-order valence-electron chi connectivity index (χ4n) is 1.75. The first-order valence-corrected chi connectivity index (χ1v) is 7.29. The lowest BCUT2D eigenvalue weighted by Crippen LogP contribution is -2.38. The van der Waals surface area contributed by atoms with Crippen LogP contribution in [-0.2, 0) is 6.42 Å². The first kappa shape index (κ1) is 19.1. The van der Waals surface area contributed by atoms with E-state index in [-0.39, 0.29) is 24.0 Å². The minimum absolute atomic E-state index is 0. The molecule has 0 radical (unpaired) electrons. The molecule has 114 valence electrons. The van der Waals surface area contributed by atoms with Crippen LogP contribution in [0.5, 0.6) is 0 Å². The molecule has 1 aromatic rings. The molecule has 0 aliphatic rings. The van der Waals surface area contributed by atoms with Gasteiger partial charge < -0.3 is 10.6 Å². The maximum atomic E-state index is 4.56. The van der Waals surface area contributed by atoms with Gasteiger partial charge in [-0.3, -0.25) is 9.98 Å². The van der Waals surface area contributed by atoms with E-state index in [9.17, 15) is 0 Å². The third kappa shape index (κ3) is 9.12. The molecule has 0 saturated heterocycles. The average molecular weight is 390 g/mol. The van der Waals surface area contributed by atoms with Gasteiger partial charge >= 0.3 is 0 Å². The largest absolute Gasteiger partial charge is 0.357 e. The second-order valence-corrected chi connectivity index (χ2v) is 4.47. The molecule has 0 aliphatic heterocycles. The van der Waals surface area contributed by atoms with Crippen LogP contribution < -0.4 is 10.6 Å². The molecule has 0 aliphatic carbocycles. The van der Waals surface area contributed by atoms with E-state index >= 15 is 0 Å². The molecule has 0 unspecified atom stereocenters. The Bertz CT molecular complexity index is 354. The Labute approximate surface area is 139 Å². The number of hydrogen-bond donors (Lipinski definition) is 2. The predicted molar refractivity (Wildman–Crippen MR) is 96.9 cm³/mol. The van der Waals surface area contributed by atoms with Crippen molar-refractivity contribution >= 4 is 29.9 Å². The SMILES string of the molecule is CCCCCN=C(NCC)NCCc1ccccn1.I. The van der Waals surface area contributed by atoms with Crippen LogP contribution in [0.15, 0.2) is 29.4 Å². The lowest BCUT2D eigenvalue weighted by atomic mass is 10.2. The molecule has 0 atom stereocenters. The molecule has 0 saturated carbocycles. The molecule has 1 heterocycles. The minimum Gasteiger partial charge on any atom is -0.357 e. The van der Waals surface area contributed by atoms with Crippen LogP contribution in [0, 0.1) is 0 Å². The molecule has 0 fully saturated rings. The maximum absolute atomic E-state index is 4.56. The Hall–Kier alpha value is -0.850. The second-order valence-electron chi connectivity index (χ2n) is 4.47. The van der Waals surface area contributed by atoms with Gasteiger partial charge in [0.25, 0.3) is 0 Å². The Balaban J connectivity index is 0.00000361. The van der Waals surface area contributed by atoms with E-state index in [1.807, 2.05) is 24.4 Å². The van der Waals surface area contributed by atoms with E-state index in [2.05, 4.69) is 34.5 Å². The van der Waals surface area contributed by atoms with E-state index in [1.54, 1.807) is 0 Å². The fourth-order valence-corrected chi connectivity index (χ4v) is 1.75. The summed E-state index contributed by atoms with van der Waals surface area (Å²) in [5, 5.41) is 6.61. The molecule has 1 rings (SSSR count). The van der Waals surface area contributed by atoms with Gasteiger partial charge in [0.1, 0.15) is 0 Å². The monoisotopic (exact) mass is 390 g/mol. The molecule has 2 N–H and O–H groups in total. The van der Waals surface area contributed by atoms with E-state index in [0.717, 1.165) is 44.1 Å². The van der Waals surface area contributed by atoms with Crippen LogP contribution in [0.1, 0.15) is 38.8 Å². The Kier molecular flexibility index (Phi) is 12.6. The number of pyridine rings is 1. The second kappa shape index (κ2) is 13.1. The van der Waals surface area contributed by atoms with Crippen molar-refractivity contribution in [3.63, 3.8) is 0 Å². The van der Waals surface area contributed by atoms with Gasteiger partial charge in [0.15, 0.2) is 5.96 Å². The first-order valence-electron chi connectivity index (χ1n) is 7.29.